The van der Waals surface area contributed by atoms with Crippen molar-refractivity contribution in [3.8, 4) is 11.3 Å². The number of nitrogens with one attached hydrogen (secondary N) is 1. The largest absolute Gasteiger partial charge is 0.382 e. The van der Waals surface area contributed by atoms with Crippen LogP contribution in [0.3, 0.4) is 0 Å². The fraction of sp³-hybridized carbons (Fsp3) is 0.0667. The molecule has 0 spiro atoms. The van der Waals surface area contributed by atoms with Gasteiger partial charge in [-0.1, -0.05) is 60.7 Å². The van der Waals surface area contributed by atoms with E-state index < -0.39 is 6.10 Å². The molecule has 2 aromatic carbocycles. The molecule has 1 aromatic heterocycles. The van der Waals surface area contributed by atoms with Gasteiger partial charge in [0.15, 0.2) is 0 Å². The average Bonchev–Trinajstić information content (AvgIpc) is 2.98. The van der Waals surface area contributed by atoms with Crippen LogP contribution in [0, 0.1) is 0 Å². The Bertz CT molecular complexity index is 649. The van der Waals surface area contributed by atoms with Gasteiger partial charge in [0.2, 0.25) is 0 Å². The summed E-state index contributed by atoms with van der Waals surface area (Å²) >= 11 is 0. The van der Waals surface area contributed by atoms with E-state index in [1.165, 1.54) is 0 Å². The first-order chi connectivity index (χ1) is 9.36. The number of benzene rings is 2. The molecule has 0 saturated heterocycles. The molecule has 0 saturated carbocycles. The van der Waals surface area contributed by atoms with E-state index in [1.807, 2.05) is 60.7 Å². The molecule has 1 unspecified atom stereocenters. The summed E-state index contributed by atoms with van der Waals surface area (Å²) in [5.41, 5.74) is 2.95. The molecule has 0 amide bonds. The lowest BCUT2D eigenvalue weighted by Gasteiger charge is -2.09. The number of aliphatic hydroxyl groups is 1. The maximum absolute atomic E-state index is 10.4. The van der Waals surface area contributed by atoms with Crippen LogP contribution in [0.25, 0.3) is 11.3 Å². The molecule has 19 heavy (non-hydrogen) atoms. The van der Waals surface area contributed by atoms with Gasteiger partial charge in [-0.25, -0.2) is 0 Å². The van der Waals surface area contributed by atoms with Crippen LogP contribution in [-0.2, 0) is 0 Å². The normalized spacial score (nSPS) is 12.3. The van der Waals surface area contributed by atoms with Gasteiger partial charge >= 0.3 is 0 Å². The van der Waals surface area contributed by atoms with Crippen LogP contribution in [0.5, 0.6) is 0 Å². The summed E-state index contributed by atoms with van der Waals surface area (Å²) in [6, 6.07) is 19.1. The van der Waals surface area contributed by atoms with Gasteiger partial charge in [0.25, 0.3) is 0 Å². The Morgan fingerprint density at radius 3 is 2.16 bits per heavy atom. The second kappa shape index (κ2) is 5.04. The van der Waals surface area contributed by atoms with Gasteiger partial charge in [-0.05, 0) is 5.56 Å². The fourth-order valence-electron chi connectivity index (χ4n) is 2.03. The van der Waals surface area contributed by atoms with E-state index in [9.17, 15) is 5.11 Å². The van der Waals surface area contributed by atoms with Crippen molar-refractivity contribution >= 4 is 0 Å². The summed E-state index contributed by atoms with van der Waals surface area (Å²) in [7, 11) is 0. The molecule has 0 bridgehead atoms. The monoisotopic (exact) mass is 251 g/mol. The van der Waals surface area contributed by atoms with Gasteiger partial charge in [-0.15, -0.1) is 0 Å². The number of aromatic nitrogens is 3. The third-order valence-corrected chi connectivity index (χ3v) is 3.00. The molecule has 0 aliphatic carbocycles. The van der Waals surface area contributed by atoms with E-state index in [0.29, 0.717) is 11.4 Å². The number of H-pyrrole nitrogens is 1. The maximum atomic E-state index is 10.4. The zero-order valence-electron chi connectivity index (χ0n) is 10.2. The lowest BCUT2D eigenvalue weighted by molar-refractivity contribution is 0.216. The number of rotatable bonds is 3. The predicted octanol–water partition coefficient (Wildman–Crippen LogP) is 2.55. The molecule has 1 heterocycles. The minimum Gasteiger partial charge on any atom is -0.382 e. The van der Waals surface area contributed by atoms with Gasteiger partial charge in [0.1, 0.15) is 17.5 Å². The number of aliphatic hydroxyl groups excluding tert-OH is 1. The van der Waals surface area contributed by atoms with E-state index in [-0.39, 0.29) is 0 Å². The Morgan fingerprint density at radius 2 is 1.47 bits per heavy atom. The highest BCUT2D eigenvalue weighted by Crippen LogP contribution is 2.27. The number of nitrogens with zero attached hydrogens (tertiary/aromatic N) is 2. The Balaban J connectivity index is 2.01. The average molecular weight is 251 g/mol. The van der Waals surface area contributed by atoms with Gasteiger partial charge in [0, 0.05) is 5.56 Å². The number of hydrogen-bond donors (Lipinski definition) is 2. The first-order valence-electron chi connectivity index (χ1n) is 6.05. The Labute approximate surface area is 110 Å². The van der Waals surface area contributed by atoms with Crippen molar-refractivity contribution in [1.82, 2.24) is 15.4 Å². The minimum atomic E-state index is -0.782. The summed E-state index contributed by atoms with van der Waals surface area (Å²) in [6.07, 6.45) is -0.782. The fourth-order valence-corrected chi connectivity index (χ4v) is 2.03. The van der Waals surface area contributed by atoms with Crippen LogP contribution in [0.2, 0.25) is 0 Å². The molecule has 94 valence electrons. The Kier molecular flexibility index (Phi) is 3.08. The highest BCUT2D eigenvalue weighted by molar-refractivity contribution is 5.62. The van der Waals surface area contributed by atoms with Crippen molar-refractivity contribution in [3.05, 3.63) is 71.9 Å². The van der Waals surface area contributed by atoms with Crippen molar-refractivity contribution in [2.45, 2.75) is 6.10 Å². The van der Waals surface area contributed by atoms with Gasteiger partial charge in [0.05, 0.1) is 0 Å². The van der Waals surface area contributed by atoms with Crippen LogP contribution < -0.4 is 0 Å². The molecular weight excluding hydrogens is 238 g/mol. The topological polar surface area (TPSA) is 61.8 Å². The molecule has 0 radical (unpaired) electrons. The molecule has 0 fully saturated rings. The molecule has 0 aliphatic rings. The van der Waals surface area contributed by atoms with Crippen LogP contribution in [0.4, 0.5) is 0 Å². The van der Waals surface area contributed by atoms with E-state index >= 15 is 0 Å². The lowest BCUT2D eigenvalue weighted by atomic mass is 10.0. The predicted molar refractivity (Wildman–Crippen MR) is 72.3 cm³/mol. The van der Waals surface area contributed by atoms with E-state index in [4.69, 9.17) is 0 Å². The lowest BCUT2D eigenvalue weighted by Crippen LogP contribution is -2.01. The van der Waals surface area contributed by atoms with Crippen molar-refractivity contribution in [3.63, 3.8) is 0 Å². The number of aromatic amines is 1. The molecule has 3 rings (SSSR count). The third kappa shape index (κ3) is 2.26. The molecular formula is C15H13N3O. The first-order valence-corrected chi connectivity index (χ1v) is 6.05. The molecule has 4 heteroatoms. The smallest absolute Gasteiger partial charge is 0.125 e. The van der Waals surface area contributed by atoms with Gasteiger partial charge < -0.3 is 5.11 Å². The first kappa shape index (κ1) is 11.6. The molecule has 0 aliphatic heterocycles. The van der Waals surface area contributed by atoms with E-state index in [0.717, 1.165) is 11.1 Å². The zero-order chi connectivity index (χ0) is 13.1. The Hall–Kier alpha value is -2.46. The highest BCUT2D eigenvalue weighted by atomic mass is 16.3. The van der Waals surface area contributed by atoms with Crippen LogP contribution in [-0.4, -0.2) is 20.5 Å². The van der Waals surface area contributed by atoms with Gasteiger partial charge in [-0.2, -0.15) is 15.4 Å². The number of hydrogen-bond acceptors (Lipinski definition) is 3. The summed E-state index contributed by atoms with van der Waals surface area (Å²) in [5.74, 6) is 0. The van der Waals surface area contributed by atoms with Crippen LogP contribution in [0.1, 0.15) is 17.4 Å². The van der Waals surface area contributed by atoms with Crippen LogP contribution >= 0.6 is 0 Å². The van der Waals surface area contributed by atoms with E-state index in [1.54, 1.807) is 0 Å². The SMILES string of the molecule is OC(c1ccccc1)c1n[nH]nc1-c1ccccc1. The third-order valence-electron chi connectivity index (χ3n) is 3.00. The second-order valence-electron chi connectivity index (χ2n) is 4.24. The summed E-state index contributed by atoms with van der Waals surface area (Å²) in [4.78, 5) is 0. The van der Waals surface area contributed by atoms with Crippen molar-refractivity contribution < 1.29 is 5.11 Å². The second-order valence-corrected chi connectivity index (χ2v) is 4.24. The molecule has 4 nitrogen and oxygen atoms in total. The standard InChI is InChI=1S/C15H13N3O/c19-15(12-9-5-2-6-10-12)14-13(16-18-17-14)11-7-3-1-4-8-11/h1-10,15,19H,(H,16,17,18). The zero-order valence-corrected chi connectivity index (χ0v) is 10.2. The van der Waals surface area contributed by atoms with Gasteiger partial charge in [-0.3, -0.25) is 0 Å². The van der Waals surface area contributed by atoms with E-state index in [2.05, 4.69) is 15.4 Å². The molecule has 1 atom stereocenters. The van der Waals surface area contributed by atoms with Crippen molar-refractivity contribution in [2.24, 2.45) is 0 Å². The maximum Gasteiger partial charge on any atom is 0.125 e. The van der Waals surface area contributed by atoms with Crippen molar-refractivity contribution in [1.29, 1.82) is 0 Å². The minimum absolute atomic E-state index is 0.539. The summed E-state index contributed by atoms with van der Waals surface area (Å²) in [5, 5.41) is 21.2. The quantitative estimate of drug-likeness (QED) is 0.752. The highest BCUT2D eigenvalue weighted by Gasteiger charge is 2.19. The molecule has 2 N–H and O–H groups in total. The summed E-state index contributed by atoms with van der Waals surface area (Å²) in [6.45, 7) is 0. The van der Waals surface area contributed by atoms with Crippen LogP contribution in [0.15, 0.2) is 60.7 Å². The van der Waals surface area contributed by atoms with Crippen molar-refractivity contribution in [2.75, 3.05) is 0 Å². The molecule has 3 aromatic rings. The summed E-state index contributed by atoms with van der Waals surface area (Å²) < 4.78 is 0. The Morgan fingerprint density at radius 1 is 0.842 bits per heavy atom.